The van der Waals surface area contributed by atoms with Crippen molar-refractivity contribution in [3.05, 3.63) is 51.9 Å². The molecule has 0 spiro atoms. The number of hydrogen-bond acceptors (Lipinski definition) is 6. The van der Waals surface area contributed by atoms with Crippen LogP contribution in [0.1, 0.15) is 40.1 Å². The van der Waals surface area contributed by atoms with Gasteiger partial charge in [0, 0.05) is 36.6 Å². The number of aliphatic hydroxyl groups excluding tert-OH is 1. The average molecular weight is 473 g/mol. The summed E-state index contributed by atoms with van der Waals surface area (Å²) in [6.07, 6.45) is -1.81. The second kappa shape index (κ2) is 9.70. The Kier molecular flexibility index (Phi) is 7.19. The second-order valence-electron chi connectivity index (χ2n) is 7.10. The fourth-order valence-electron chi connectivity index (χ4n) is 3.29. The summed E-state index contributed by atoms with van der Waals surface area (Å²) in [5, 5.41) is 11.3. The Morgan fingerprint density at radius 1 is 1.41 bits per heavy atom. The number of alkyl halides is 3. The van der Waals surface area contributed by atoms with Crippen molar-refractivity contribution < 1.29 is 32.6 Å². The van der Waals surface area contributed by atoms with Crippen LogP contribution in [-0.4, -0.2) is 57.7 Å². The highest BCUT2D eigenvalue weighted by atomic mass is 35.5. The first-order chi connectivity index (χ1) is 15.1. The number of halogens is 4. The number of aliphatic hydroxyl groups is 1. The summed E-state index contributed by atoms with van der Waals surface area (Å²) in [5.41, 5.74) is 1.99. The van der Waals surface area contributed by atoms with E-state index in [2.05, 4.69) is 20.0 Å². The third-order valence-corrected chi connectivity index (χ3v) is 5.15. The van der Waals surface area contributed by atoms with Crippen LogP contribution in [0.15, 0.2) is 24.5 Å². The van der Waals surface area contributed by atoms with Crippen molar-refractivity contribution in [2.24, 2.45) is 0 Å². The van der Waals surface area contributed by atoms with Crippen molar-refractivity contribution in [3.63, 3.8) is 0 Å². The van der Waals surface area contributed by atoms with Gasteiger partial charge in [-0.15, -0.1) is 0 Å². The molecule has 12 heteroatoms. The lowest BCUT2D eigenvalue weighted by Crippen LogP contribution is -2.29. The quantitative estimate of drug-likeness (QED) is 0.611. The molecule has 2 amide bonds. The van der Waals surface area contributed by atoms with Gasteiger partial charge in [-0.05, 0) is 24.6 Å². The van der Waals surface area contributed by atoms with Gasteiger partial charge in [0.25, 0.3) is 5.91 Å². The molecule has 0 saturated heterocycles. The van der Waals surface area contributed by atoms with E-state index >= 15 is 0 Å². The molecule has 8 nitrogen and oxygen atoms in total. The summed E-state index contributed by atoms with van der Waals surface area (Å²) >= 11 is 6.03. The zero-order chi connectivity index (χ0) is 23.5. The molecule has 0 aromatic carbocycles. The summed E-state index contributed by atoms with van der Waals surface area (Å²) in [7, 11) is 0. The highest BCUT2D eigenvalue weighted by molar-refractivity contribution is 6.31. The smallest absolute Gasteiger partial charge is 0.422 e. The average Bonchev–Trinajstić information content (AvgIpc) is 3.08. The fourth-order valence-corrected chi connectivity index (χ4v) is 3.52. The molecule has 0 aliphatic carbocycles. The number of nitrogens with zero attached hydrogens (tertiary/aromatic N) is 3. The third kappa shape index (κ3) is 5.46. The number of hydrogen-bond donors (Lipinski definition) is 2. The van der Waals surface area contributed by atoms with E-state index in [0.717, 1.165) is 0 Å². The van der Waals surface area contributed by atoms with Crippen LogP contribution in [0.5, 0.6) is 5.88 Å². The Labute approximate surface area is 186 Å². The number of pyridine rings is 2. The molecule has 1 atom stereocenters. The van der Waals surface area contributed by atoms with Crippen molar-refractivity contribution in [3.8, 4) is 5.88 Å². The van der Waals surface area contributed by atoms with Crippen LogP contribution >= 0.6 is 11.6 Å². The maximum Gasteiger partial charge on any atom is 0.422 e. The standard InChI is InChI=1S/C20H20ClF3N4O4/c1-11(12-6-15(21)18(27-8-12)32-10-20(22,23)24)28-9-14-13(19(28)31)2-3-25-16(14)7-17(30)26-4-5-29/h2-3,6,8,11,29H,4-5,7,9-10H2,1H3,(H,26,30). The monoisotopic (exact) mass is 472 g/mol. The molecule has 0 bridgehead atoms. The largest absolute Gasteiger partial charge is 0.467 e. The van der Waals surface area contributed by atoms with Crippen LogP contribution in [0.3, 0.4) is 0 Å². The molecule has 2 aromatic rings. The van der Waals surface area contributed by atoms with Gasteiger partial charge in [-0.1, -0.05) is 11.6 Å². The maximum absolute atomic E-state index is 12.9. The first kappa shape index (κ1) is 23.7. The summed E-state index contributed by atoms with van der Waals surface area (Å²) < 4.78 is 41.7. The lowest BCUT2D eigenvalue weighted by Gasteiger charge is -2.25. The van der Waals surface area contributed by atoms with E-state index in [1.165, 1.54) is 23.4 Å². The minimum Gasteiger partial charge on any atom is -0.467 e. The molecule has 1 aliphatic heterocycles. The van der Waals surface area contributed by atoms with Crippen LogP contribution in [0, 0.1) is 0 Å². The minimum atomic E-state index is -4.52. The Balaban J connectivity index is 1.76. The number of carbonyl (C=O) groups excluding carboxylic acids is 2. The summed E-state index contributed by atoms with van der Waals surface area (Å²) in [6.45, 7) is 0.333. The van der Waals surface area contributed by atoms with Gasteiger partial charge in [0.05, 0.1) is 24.8 Å². The summed E-state index contributed by atoms with van der Waals surface area (Å²) in [5.74, 6) is -0.957. The van der Waals surface area contributed by atoms with Crippen molar-refractivity contribution in [2.45, 2.75) is 32.1 Å². The Bertz CT molecular complexity index is 1020. The predicted molar refractivity (Wildman–Crippen MR) is 107 cm³/mol. The van der Waals surface area contributed by atoms with Gasteiger partial charge < -0.3 is 20.1 Å². The number of amides is 2. The summed E-state index contributed by atoms with van der Waals surface area (Å²) in [4.78, 5) is 34.6. The van der Waals surface area contributed by atoms with Crippen LogP contribution in [0.25, 0.3) is 0 Å². The molecule has 1 aliphatic rings. The van der Waals surface area contributed by atoms with Gasteiger partial charge in [0.15, 0.2) is 6.61 Å². The summed E-state index contributed by atoms with van der Waals surface area (Å²) in [6, 6.07) is 2.47. The molecule has 0 saturated carbocycles. The van der Waals surface area contributed by atoms with Crippen LogP contribution in [0.2, 0.25) is 5.02 Å². The van der Waals surface area contributed by atoms with Crippen molar-refractivity contribution in [1.29, 1.82) is 0 Å². The van der Waals surface area contributed by atoms with Crippen molar-refractivity contribution in [1.82, 2.24) is 20.2 Å². The van der Waals surface area contributed by atoms with Crippen LogP contribution < -0.4 is 10.1 Å². The molecule has 172 valence electrons. The van der Waals surface area contributed by atoms with Crippen LogP contribution in [-0.2, 0) is 17.8 Å². The van der Waals surface area contributed by atoms with E-state index in [1.54, 1.807) is 13.0 Å². The zero-order valence-corrected chi connectivity index (χ0v) is 17.7. The lowest BCUT2D eigenvalue weighted by atomic mass is 10.1. The zero-order valence-electron chi connectivity index (χ0n) is 16.9. The number of aromatic nitrogens is 2. The van der Waals surface area contributed by atoms with E-state index in [9.17, 15) is 22.8 Å². The topological polar surface area (TPSA) is 105 Å². The number of rotatable bonds is 8. The number of nitrogens with one attached hydrogen (secondary N) is 1. The van der Waals surface area contributed by atoms with Gasteiger partial charge in [-0.3, -0.25) is 14.6 Å². The van der Waals surface area contributed by atoms with E-state index in [4.69, 9.17) is 16.7 Å². The van der Waals surface area contributed by atoms with Gasteiger partial charge in [0.1, 0.15) is 5.02 Å². The van der Waals surface area contributed by atoms with Gasteiger partial charge in [0.2, 0.25) is 11.8 Å². The number of carbonyl (C=O) groups is 2. The molecule has 2 N–H and O–H groups in total. The molecule has 3 rings (SSSR count). The van der Waals surface area contributed by atoms with Gasteiger partial charge in [-0.25, -0.2) is 4.98 Å². The molecular weight excluding hydrogens is 453 g/mol. The van der Waals surface area contributed by atoms with Gasteiger partial charge >= 0.3 is 6.18 Å². The predicted octanol–water partition coefficient (Wildman–Crippen LogP) is 2.44. The number of ether oxygens (including phenoxy) is 1. The first-order valence-corrected chi connectivity index (χ1v) is 9.98. The van der Waals surface area contributed by atoms with Gasteiger partial charge in [-0.2, -0.15) is 13.2 Å². The van der Waals surface area contributed by atoms with E-state index in [1.807, 2.05) is 0 Å². The third-order valence-electron chi connectivity index (χ3n) is 4.88. The Morgan fingerprint density at radius 3 is 2.81 bits per heavy atom. The molecule has 1 unspecified atom stereocenters. The van der Waals surface area contributed by atoms with Crippen LogP contribution in [0.4, 0.5) is 13.2 Å². The number of fused-ring (bicyclic) bond motifs is 1. The highest BCUT2D eigenvalue weighted by Gasteiger charge is 2.34. The highest BCUT2D eigenvalue weighted by Crippen LogP contribution is 2.34. The maximum atomic E-state index is 12.9. The van der Waals surface area contributed by atoms with E-state index in [0.29, 0.717) is 22.4 Å². The molecule has 0 fully saturated rings. The molecule has 2 aromatic heterocycles. The second-order valence-corrected chi connectivity index (χ2v) is 7.51. The molecule has 32 heavy (non-hydrogen) atoms. The molecule has 3 heterocycles. The van der Waals surface area contributed by atoms with E-state index in [-0.39, 0.29) is 48.8 Å². The normalized spacial score (nSPS) is 14.3. The molecule has 0 radical (unpaired) electrons. The lowest BCUT2D eigenvalue weighted by molar-refractivity contribution is -0.154. The minimum absolute atomic E-state index is 0.0443. The van der Waals surface area contributed by atoms with Crippen molar-refractivity contribution >= 4 is 23.4 Å². The fraction of sp³-hybridized carbons (Fsp3) is 0.400. The van der Waals surface area contributed by atoms with Crippen molar-refractivity contribution in [2.75, 3.05) is 19.8 Å². The van der Waals surface area contributed by atoms with E-state index < -0.39 is 18.8 Å². The Morgan fingerprint density at radius 2 is 2.16 bits per heavy atom. The Hall–Kier alpha value is -2.92. The SMILES string of the molecule is CC(c1cnc(OCC(F)(F)F)c(Cl)c1)N1Cc2c(ccnc2CC(=O)NCCO)C1=O. The molecular formula is C20H20ClF3N4O4. The first-order valence-electron chi connectivity index (χ1n) is 9.61.